The van der Waals surface area contributed by atoms with Crippen LogP contribution in [-0.4, -0.2) is 21.7 Å². The number of carbonyl (C=O) groups is 1. The first-order chi connectivity index (χ1) is 13.7. The summed E-state index contributed by atoms with van der Waals surface area (Å²) in [6.45, 7) is 2.18. The fraction of sp³-hybridized carbons (Fsp3) is 0.391. The second-order valence-corrected chi connectivity index (χ2v) is 7.52. The van der Waals surface area contributed by atoms with Crippen molar-refractivity contribution >= 4 is 17.0 Å². The number of nitrogens with one attached hydrogen (secondary N) is 1. The van der Waals surface area contributed by atoms with Crippen LogP contribution in [0.1, 0.15) is 57.1 Å². The van der Waals surface area contributed by atoms with Crippen molar-refractivity contribution in [2.24, 2.45) is 0 Å². The van der Waals surface area contributed by atoms with Gasteiger partial charge in [-0.05, 0) is 61.2 Å². The number of amides is 1. The van der Waals surface area contributed by atoms with Gasteiger partial charge in [0.25, 0.3) is 0 Å². The van der Waals surface area contributed by atoms with Gasteiger partial charge in [0.05, 0.1) is 6.04 Å². The zero-order valence-electron chi connectivity index (χ0n) is 16.3. The molecule has 2 heterocycles. The largest absolute Gasteiger partial charge is 0.412 e. The summed E-state index contributed by atoms with van der Waals surface area (Å²) in [7, 11) is 0. The molecule has 1 unspecified atom stereocenters. The Morgan fingerprint density at radius 1 is 1.18 bits per heavy atom. The van der Waals surface area contributed by atoms with Gasteiger partial charge in [0.15, 0.2) is 0 Å². The van der Waals surface area contributed by atoms with Crippen LogP contribution in [0.4, 0.5) is 4.79 Å². The first-order valence-electron chi connectivity index (χ1n) is 10.2. The van der Waals surface area contributed by atoms with E-state index in [-0.39, 0.29) is 18.2 Å². The van der Waals surface area contributed by atoms with Gasteiger partial charge in [0.1, 0.15) is 5.75 Å². The first-order valence-corrected chi connectivity index (χ1v) is 10.2. The summed E-state index contributed by atoms with van der Waals surface area (Å²) < 4.78 is 7.81. The molecule has 1 atom stereocenters. The normalized spacial score (nSPS) is 16.0. The summed E-state index contributed by atoms with van der Waals surface area (Å²) in [5.74, 6) is 0.579. The minimum atomic E-state index is -0.353. The predicted molar refractivity (Wildman–Crippen MR) is 111 cm³/mol. The van der Waals surface area contributed by atoms with Crippen molar-refractivity contribution in [3.8, 4) is 5.75 Å². The second-order valence-electron chi connectivity index (χ2n) is 7.52. The van der Waals surface area contributed by atoms with Gasteiger partial charge < -0.3 is 14.6 Å². The third-order valence-electron chi connectivity index (χ3n) is 5.64. The smallest absolute Gasteiger partial charge is 0.410 e. The van der Waals surface area contributed by atoms with Crippen molar-refractivity contribution in [1.82, 2.24) is 14.9 Å². The maximum atomic E-state index is 12.2. The highest BCUT2D eigenvalue weighted by atomic mass is 16.6. The minimum absolute atomic E-state index is 0.247. The number of benzene rings is 1. The molecule has 0 saturated heterocycles. The molecule has 1 fully saturated rings. The monoisotopic (exact) mass is 377 g/mol. The highest BCUT2D eigenvalue weighted by Gasteiger charge is 2.18. The number of nitrogens with zero attached hydrogens (tertiary/aromatic N) is 2. The molecule has 28 heavy (non-hydrogen) atoms. The molecule has 1 N–H and O–H groups in total. The van der Waals surface area contributed by atoms with Crippen LogP contribution in [0.15, 0.2) is 55.0 Å². The van der Waals surface area contributed by atoms with Crippen LogP contribution in [0.5, 0.6) is 5.75 Å². The van der Waals surface area contributed by atoms with Gasteiger partial charge in [-0.3, -0.25) is 4.98 Å². The molecule has 0 spiro atoms. The zero-order chi connectivity index (χ0) is 19.3. The van der Waals surface area contributed by atoms with E-state index >= 15 is 0 Å². The first kappa shape index (κ1) is 18.5. The molecule has 5 nitrogen and oxygen atoms in total. The van der Waals surface area contributed by atoms with Gasteiger partial charge in [-0.1, -0.05) is 26.2 Å². The van der Waals surface area contributed by atoms with E-state index in [9.17, 15) is 4.79 Å². The molecular weight excluding hydrogens is 350 g/mol. The van der Waals surface area contributed by atoms with Crippen LogP contribution < -0.4 is 10.1 Å². The number of carbonyl (C=O) groups excluding carboxylic acids is 1. The standard InChI is InChI=1S/C23H27N3O2/c1-2-21(17-10-13-24-14-11-17)26-15-12-18-16-20(8-9-22(18)26)28-23(27)25-19-6-4-3-5-7-19/h8-16,19,21H,2-7H2,1H3,(H,25,27). The average molecular weight is 377 g/mol. The number of pyridine rings is 1. The molecule has 1 amide bonds. The van der Waals surface area contributed by atoms with E-state index < -0.39 is 0 Å². The second kappa shape index (κ2) is 8.46. The van der Waals surface area contributed by atoms with Crippen molar-refractivity contribution in [3.05, 3.63) is 60.6 Å². The van der Waals surface area contributed by atoms with E-state index in [1.807, 2.05) is 30.6 Å². The summed E-state index contributed by atoms with van der Waals surface area (Å²) in [5, 5.41) is 4.06. The van der Waals surface area contributed by atoms with E-state index in [1.165, 1.54) is 24.8 Å². The summed E-state index contributed by atoms with van der Waals surface area (Å²) in [5.41, 5.74) is 2.37. The Bertz CT molecular complexity index is 929. The lowest BCUT2D eigenvalue weighted by molar-refractivity contribution is 0.192. The average Bonchev–Trinajstić information content (AvgIpc) is 3.13. The Balaban J connectivity index is 1.50. The molecule has 0 radical (unpaired) electrons. The molecule has 1 saturated carbocycles. The van der Waals surface area contributed by atoms with Crippen LogP contribution >= 0.6 is 0 Å². The fourth-order valence-electron chi connectivity index (χ4n) is 4.21. The van der Waals surface area contributed by atoms with Gasteiger partial charge >= 0.3 is 6.09 Å². The van der Waals surface area contributed by atoms with Crippen LogP contribution in [0, 0.1) is 0 Å². The SMILES string of the molecule is CCC(c1ccncc1)n1ccc2cc(OC(=O)NC3CCCCC3)ccc21. The molecule has 3 aromatic rings. The van der Waals surface area contributed by atoms with Gasteiger partial charge in [0, 0.05) is 35.5 Å². The topological polar surface area (TPSA) is 56.2 Å². The Morgan fingerprint density at radius 2 is 1.96 bits per heavy atom. The van der Waals surface area contributed by atoms with Crippen molar-refractivity contribution in [1.29, 1.82) is 0 Å². The number of rotatable bonds is 5. The highest BCUT2D eigenvalue weighted by Crippen LogP contribution is 2.29. The molecule has 1 aliphatic carbocycles. The summed E-state index contributed by atoms with van der Waals surface area (Å²) in [6.07, 6.45) is 12.1. The van der Waals surface area contributed by atoms with Crippen molar-refractivity contribution in [2.75, 3.05) is 0 Å². The molecular formula is C23H27N3O2. The maximum Gasteiger partial charge on any atom is 0.412 e. The number of aromatic nitrogens is 2. The molecule has 4 rings (SSSR count). The van der Waals surface area contributed by atoms with Crippen molar-refractivity contribution in [2.45, 2.75) is 57.5 Å². The van der Waals surface area contributed by atoms with Gasteiger partial charge in [-0.2, -0.15) is 0 Å². The number of fused-ring (bicyclic) bond motifs is 1. The summed E-state index contributed by atoms with van der Waals surface area (Å²) in [6, 6.07) is 12.5. The molecule has 0 aliphatic heterocycles. The molecule has 1 aromatic carbocycles. The Hall–Kier alpha value is -2.82. The van der Waals surface area contributed by atoms with E-state index in [0.29, 0.717) is 5.75 Å². The van der Waals surface area contributed by atoms with Crippen LogP contribution in [0.25, 0.3) is 10.9 Å². The Kier molecular flexibility index (Phi) is 5.60. The van der Waals surface area contributed by atoms with Crippen LogP contribution in [0.3, 0.4) is 0 Å². The van der Waals surface area contributed by atoms with Gasteiger partial charge in [-0.25, -0.2) is 4.79 Å². The number of hydrogen-bond acceptors (Lipinski definition) is 3. The van der Waals surface area contributed by atoms with E-state index in [4.69, 9.17) is 4.74 Å². The van der Waals surface area contributed by atoms with E-state index in [2.05, 4.69) is 46.2 Å². The van der Waals surface area contributed by atoms with Crippen LogP contribution in [0.2, 0.25) is 0 Å². The predicted octanol–water partition coefficient (Wildman–Crippen LogP) is 5.46. The lowest BCUT2D eigenvalue weighted by Gasteiger charge is -2.22. The van der Waals surface area contributed by atoms with Crippen molar-refractivity contribution < 1.29 is 9.53 Å². The van der Waals surface area contributed by atoms with Crippen LogP contribution in [-0.2, 0) is 0 Å². The Labute approximate surface area is 165 Å². The van der Waals surface area contributed by atoms with Gasteiger partial charge in [0.2, 0.25) is 0 Å². The zero-order valence-corrected chi connectivity index (χ0v) is 16.3. The minimum Gasteiger partial charge on any atom is -0.410 e. The maximum absolute atomic E-state index is 12.2. The molecule has 1 aliphatic rings. The lowest BCUT2D eigenvalue weighted by atomic mass is 9.96. The van der Waals surface area contributed by atoms with E-state index in [0.717, 1.165) is 30.2 Å². The highest BCUT2D eigenvalue weighted by molar-refractivity contribution is 5.83. The van der Waals surface area contributed by atoms with Crippen molar-refractivity contribution in [3.63, 3.8) is 0 Å². The number of ether oxygens (including phenoxy) is 1. The quantitative estimate of drug-likeness (QED) is 0.642. The molecule has 5 heteroatoms. The lowest BCUT2D eigenvalue weighted by Crippen LogP contribution is -2.37. The Morgan fingerprint density at radius 3 is 2.71 bits per heavy atom. The fourth-order valence-corrected chi connectivity index (χ4v) is 4.21. The summed E-state index contributed by atoms with van der Waals surface area (Å²) >= 11 is 0. The van der Waals surface area contributed by atoms with Gasteiger partial charge in [-0.15, -0.1) is 0 Å². The third kappa shape index (κ3) is 4.03. The molecule has 2 aromatic heterocycles. The van der Waals surface area contributed by atoms with E-state index in [1.54, 1.807) is 0 Å². The summed E-state index contributed by atoms with van der Waals surface area (Å²) in [4.78, 5) is 16.3. The molecule has 0 bridgehead atoms. The third-order valence-corrected chi connectivity index (χ3v) is 5.64. The molecule has 146 valence electrons. The number of hydrogen-bond donors (Lipinski definition) is 1.